The predicted molar refractivity (Wildman–Crippen MR) is 40.1 cm³/mol. The van der Waals surface area contributed by atoms with Gasteiger partial charge in [-0.3, -0.25) is 10.1 Å². The van der Waals surface area contributed by atoms with E-state index in [1.54, 1.807) is 0 Å². The highest BCUT2D eigenvalue weighted by Crippen LogP contribution is 2.15. The van der Waals surface area contributed by atoms with Gasteiger partial charge in [0.15, 0.2) is 6.20 Å². The van der Waals surface area contributed by atoms with Crippen molar-refractivity contribution in [3.05, 3.63) is 27.9 Å². The zero-order chi connectivity index (χ0) is 9.14. The predicted octanol–water partition coefficient (Wildman–Crippen LogP) is -0.136. The van der Waals surface area contributed by atoms with Crippen LogP contribution in [0.4, 0.5) is 11.5 Å². The lowest BCUT2D eigenvalue weighted by molar-refractivity contribution is -0.385. The third kappa shape index (κ3) is 1.48. The van der Waals surface area contributed by atoms with E-state index in [0.717, 1.165) is 6.07 Å². The van der Waals surface area contributed by atoms with Gasteiger partial charge in [0.1, 0.15) is 5.82 Å². The molecule has 0 aliphatic carbocycles. The molecule has 0 amide bonds. The Kier molecular flexibility index (Phi) is 2.20. The molecule has 0 fully saturated rings. The van der Waals surface area contributed by atoms with E-state index in [1.807, 2.05) is 0 Å². The highest BCUT2D eigenvalue weighted by molar-refractivity contribution is 5.44. The summed E-state index contributed by atoms with van der Waals surface area (Å²) in [5, 5.41) is 18.9. The van der Waals surface area contributed by atoms with Crippen LogP contribution in [0.15, 0.2) is 6.07 Å². The number of aromatic nitrogens is 1. The molecule has 0 unspecified atom stereocenters. The maximum Gasteiger partial charge on any atom is 0.297 e. The number of nitro groups is 1. The van der Waals surface area contributed by atoms with Gasteiger partial charge in [-0.25, -0.2) is 4.98 Å². The van der Waals surface area contributed by atoms with Crippen molar-refractivity contribution >= 4 is 11.5 Å². The minimum atomic E-state index is -0.647. The lowest BCUT2D eigenvalue weighted by atomic mass is 10.2. The van der Waals surface area contributed by atoms with Crippen molar-refractivity contribution in [3.8, 4) is 0 Å². The summed E-state index contributed by atoms with van der Waals surface area (Å²) in [6, 6.07) is 1.14. The highest BCUT2D eigenvalue weighted by Gasteiger charge is 2.09. The molecule has 0 spiro atoms. The van der Waals surface area contributed by atoms with Gasteiger partial charge in [-0.1, -0.05) is 0 Å². The molecule has 1 rings (SSSR count). The minimum absolute atomic E-state index is 0.0584. The molecule has 1 heterocycles. The number of hydrogen-bond acceptors (Lipinski definition) is 5. The number of rotatable bonds is 2. The molecule has 0 saturated heterocycles. The van der Waals surface area contributed by atoms with E-state index in [1.165, 1.54) is 0 Å². The fourth-order valence-corrected chi connectivity index (χ4v) is 0.681. The molecule has 0 aliphatic heterocycles. The van der Waals surface area contributed by atoms with Crippen LogP contribution in [0.3, 0.4) is 0 Å². The molecule has 0 aromatic carbocycles. The first-order valence-corrected chi connectivity index (χ1v) is 3.07. The molecular weight excluding hydrogens is 162 g/mol. The summed E-state index contributed by atoms with van der Waals surface area (Å²) in [6.07, 6.45) is 2.13. The number of hydrogen-bond donors (Lipinski definition) is 2. The number of pyridine rings is 1. The van der Waals surface area contributed by atoms with E-state index in [9.17, 15) is 10.1 Å². The second kappa shape index (κ2) is 3.14. The lowest BCUT2D eigenvalue weighted by Gasteiger charge is -1.98. The first-order valence-electron chi connectivity index (χ1n) is 3.07. The summed E-state index contributed by atoms with van der Waals surface area (Å²) in [4.78, 5) is 13.0. The smallest absolute Gasteiger partial charge is 0.297 e. The summed E-state index contributed by atoms with van der Waals surface area (Å²) in [7, 11) is 0. The first kappa shape index (κ1) is 8.41. The van der Waals surface area contributed by atoms with Gasteiger partial charge in [-0.05, 0) is 0 Å². The third-order valence-electron chi connectivity index (χ3n) is 1.30. The van der Waals surface area contributed by atoms with E-state index >= 15 is 0 Å². The summed E-state index contributed by atoms with van der Waals surface area (Å²) in [5.74, 6) is 0.0584. The van der Waals surface area contributed by atoms with E-state index in [-0.39, 0.29) is 23.7 Å². The Morgan fingerprint density at radius 2 is 2.50 bits per heavy atom. The topological polar surface area (TPSA) is 102 Å². The molecule has 63 valence electrons. The van der Waals surface area contributed by atoms with Gasteiger partial charge >= 0.3 is 0 Å². The van der Waals surface area contributed by atoms with Crippen LogP contribution in [-0.4, -0.2) is 15.0 Å². The van der Waals surface area contributed by atoms with Gasteiger partial charge in [0.25, 0.3) is 5.69 Å². The number of aliphatic hydroxyl groups is 1. The number of nitrogens with zero attached hydrogens (tertiary/aromatic N) is 2. The summed E-state index contributed by atoms with van der Waals surface area (Å²) in [6.45, 7) is -0.367. The Morgan fingerprint density at radius 3 is 3.00 bits per heavy atom. The average Bonchev–Trinajstić information content (AvgIpc) is 2.05. The molecular formula is C6H6N3O3. The van der Waals surface area contributed by atoms with Crippen LogP contribution in [0.25, 0.3) is 0 Å². The zero-order valence-corrected chi connectivity index (χ0v) is 6.02. The van der Waals surface area contributed by atoms with Gasteiger partial charge in [-0.15, -0.1) is 0 Å². The van der Waals surface area contributed by atoms with Gasteiger partial charge in [0.2, 0.25) is 0 Å². The second-order valence-corrected chi connectivity index (χ2v) is 2.08. The van der Waals surface area contributed by atoms with Crippen molar-refractivity contribution < 1.29 is 10.0 Å². The van der Waals surface area contributed by atoms with Crippen LogP contribution in [0.1, 0.15) is 5.56 Å². The standard InChI is InChI=1S/C6H6N3O3/c7-6-4(3-10)1-5(2-8-6)9(11)12/h1,10H,3H2,(H2,7,8). The van der Waals surface area contributed by atoms with E-state index < -0.39 is 4.92 Å². The Balaban J connectivity index is 3.13. The van der Waals surface area contributed by atoms with Gasteiger partial charge in [0.05, 0.1) is 11.5 Å². The van der Waals surface area contributed by atoms with Gasteiger partial charge in [-0.2, -0.15) is 0 Å². The van der Waals surface area contributed by atoms with E-state index in [2.05, 4.69) is 11.2 Å². The average molecular weight is 168 g/mol. The fraction of sp³-hybridized carbons (Fsp3) is 0.167. The molecule has 0 atom stereocenters. The van der Waals surface area contributed by atoms with Crippen LogP contribution >= 0.6 is 0 Å². The Labute approximate surface area is 67.8 Å². The summed E-state index contributed by atoms with van der Waals surface area (Å²) >= 11 is 0. The molecule has 12 heavy (non-hydrogen) atoms. The van der Waals surface area contributed by atoms with Crippen LogP contribution in [0.2, 0.25) is 0 Å². The Hall–Kier alpha value is -1.69. The quantitative estimate of drug-likeness (QED) is 0.472. The maximum absolute atomic E-state index is 10.2. The van der Waals surface area contributed by atoms with Crippen LogP contribution in [0.5, 0.6) is 0 Å². The van der Waals surface area contributed by atoms with Crippen LogP contribution < -0.4 is 5.73 Å². The van der Waals surface area contributed by atoms with Crippen molar-refractivity contribution in [1.82, 2.24) is 4.98 Å². The number of nitrogen functional groups attached to an aromatic ring is 1. The number of nitrogens with two attached hydrogens (primary N) is 1. The molecule has 0 aliphatic rings. The highest BCUT2D eigenvalue weighted by atomic mass is 16.6. The summed E-state index contributed by atoms with van der Waals surface area (Å²) < 4.78 is 0. The van der Waals surface area contributed by atoms with Crippen molar-refractivity contribution in [1.29, 1.82) is 0 Å². The molecule has 0 bridgehead atoms. The Morgan fingerprint density at radius 1 is 1.83 bits per heavy atom. The first-order chi connectivity index (χ1) is 5.65. The van der Waals surface area contributed by atoms with E-state index in [4.69, 9.17) is 10.8 Å². The monoisotopic (exact) mass is 168 g/mol. The van der Waals surface area contributed by atoms with E-state index in [0.29, 0.717) is 0 Å². The minimum Gasteiger partial charge on any atom is -0.392 e. The van der Waals surface area contributed by atoms with Crippen molar-refractivity contribution in [2.24, 2.45) is 0 Å². The molecule has 0 saturated carbocycles. The molecule has 1 aromatic heterocycles. The fourth-order valence-electron chi connectivity index (χ4n) is 0.681. The number of aliphatic hydroxyl groups excluding tert-OH is 1. The van der Waals surface area contributed by atoms with Crippen molar-refractivity contribution in [2.75, 3.05) is 5.73 Å². The molecule has 6 heteroatoms. The van der Waals surface area contributed by atoms with Crippen LogP contribution in [0, 0.1) is 16.3 Å². The third-order valence-corrected chi connectivity index (χ3v) is 1.30. The second-order valence-electron chi connectivity index (χ2n) is 2.08. The molecule has 1 radical (unpaired) electrons. The zero-order valence-electron chi connectivity index (χ0n) is 6.02. The largest absolute Gasteiger partial charge is 0.392 e. The maximum atomic E-state index is 10.2. The SMILES string of the molecule is Nc1n[c]c([N+](=O)[O-])cc1CO. The molecule has 1 aromatic rings. The Bertz CT molecular complexity index is 313. The van der Waals surface area contributed by atoms with Crippen molar-refractivity contribution in [3.63, 3.8) is 0 Å². The van der Waals surface area contributed by atoms with Crippen LogP contribution in [-0.2, 0) is 6.61 Å². The normalized spacial score (nSPS) is 9.75. The molecule has 6 nitrogen and oxygen atoms in total. The van der Waals surface area contributed by atoms with Gasteiger partial charge < -0.3 is 10.8 Å². The molecule has 3 N–H and O–H groups in total. The van der Waals surface area contributed by atoms with Gasteiger partial charge in [0, 0.05) is 11.6 Å². The summed E-state index contributed by atoms with van der Waals surface area (Å²) in [5.41, 5.74) is 5.21. The van der Waals surface area contributed by atoms with Crippen molar-refractivity contribution in [2.45, 2.75) is 6.61 Å². The lowest BCUT2D eigenvalue weighted by Crippen LogP contribution is -1.99. The number of anilines is 1.